The highest BCUT2D eigenvalue weighted by atomic mass is 16.5. The summed E-state index contributed by atoms with van der Waals surface area (Å²) in [7, 11) is 0. The van der Waals surface area contributed by atoms with Crippen LogP contribution >= 0.6 is 0 Å². The molecule has 1 atom stereocenters. The van der Waals surface area contributed by atoms with E-state index in [1.165, 1.54) is 12.4 Å². The standard InChI is InChI=1S/C9H14NO2/c1-2-4-9(11)8-5-3-6-10(12)7-8/h3,5-7,9,11-12H,2,4H2,1H3/q+1. The van der Waals surface area contributed by atoms with Gasteiger partial charge in [0.15, 0.2) is 0 Å². The second-order valence-corrected chi connectivity index (χ2v) is 2.82. The van der Waals surface area contributed by atoms with Gasteiger partial charge in [-0.3, -0.25) is 5.21 Å². The smallest absolute Gasteiger partial charge is 0.228 e. The van der Waals surface area contributed by atoms with E-state index in [1.807, 2.05) is 6.92 Å². The number of pyridine rings is 1. The predicted molar refractivity (Wildman–Crippen MR) is 43.7 cm³/mol. The Labute approximate surface area is 71.9 Å². The van der Waals surface area contributed by atoms with Gasteiger partial charge < -0.3 is 5.11 Å². The summed E-state index contributed by atoms with van der Waals surface area (Å²) in [5.74, 6) is 0. The zero-order valence-corrected chi connectivity index (χ0v) is 7.14. The van der Waals surface area contributed by atoms with Crippen LogP contribution in [0.1, 0.15) is 31.4 Å². The molecule has 3 nitrogen and oxygen atoms in total. The Morgan fingerprint density at radius 1 is 1.58 bits per heavy atom. The van der Waals surface area contributed by atoms with Crippen molar-refractivity contribution in [3.8, 4) is 0 Å². The van der Waals surface area contributed by atoms with E-state index in [2.05, 4.69) is 0 Å². The number of aromatic nitrogens is 1. The lowest BCUT2D eigenvalue weighted by molar-refractivity contribution is -0.905. The Kier molecular flexibility index (Phi) is 3.05. The number of rotatable bonds is 3. The highest BCUT2D eigenvalue weighted by Crippen LogP contribution is 2.15. The molecular weight excluding hydrogens is 154 g/mol. The van der Waals surface area contributed by atoms with Gasteiger partial charge in [0.25, 0.3) is 0 Å². The Bertz CT molecular complexity index is 250. The topological polar surface area (TPSA) is 44.3 Å². The van der Waals surface area contributed by atoms with Crippen molar-refractivity contribution in [1.29, 1.82) is 0 Å². The molecule has 3 heteroatoms. The molecule has 0 saturated carbocycles. The van der Waals surface area contributed by atoms with E-state index in [0.717, 1.165) is 23.1 Å². The maximum Gasteiger partial charge on any atom is 0.228 e. The van der Waals surface area contributed by atoms with Crippen LogP contribution < -0.4 is 4.73 Å². The van der Waals surface area contributed by atoms with Gasteiger partial charge in [0, 0.05) is 16.4 Å². The van der Waals surface area contributed by atoms with E-state index in [1.54, 1.807) is 12.1 Å². The summed E-state index contributed by atoms with van der Waals surface area (Å²) in [6.07, 6.45) is 4.23. The first-order chi connectivity index (χ1) is 5.74. The molecule has 1 unspecified atom stereocenters. The van der Waals surface area contributed by atoms with Gasteiger partial charge >= 0.3 is 0 Å². The molecule has 0 aliphatic rings. The molecule has 0 amide bonds. The van der Waals surface area contributed by atoms with Crippen LogP contribution in [0, 0.1) is 0 Å². The second kappa shape index (κ2) is 4.07. The van der Waals surface area contributed by atoms with Gasteiger partial charge in [-0.25, -0.2) is 0 Å². The van der Waals surface area contributed by atoms with Crippen molar-refractivity contribution >= 4 is 0 Å². The molecular formula is C9H14NO2+. The molecule has 0 saturated heterocycles. The van der Waals surface area contributed by atoms with Crippen LogP contribution in [0.3, 0.4) is 0 Å². The van der Waals surface area contributed by atoms with Crippen LogP contribution in [0.15, 0.2) is 24.5 Å². The van der Waals surface area contributed by atoms with Crippen molar-refractivity contribution < 1.29 is 15.0 Å². The number of aliphatic hydroxyl groups excluding tert-OH is 1. The second-order valence-electron chi connectivity index (χ2n) is 2.82. The van der Waals surface area contributed by atoms with Crippen molar-refractivity contribution in [2.45, 2.75) is 25.9 Å². The van der Waals surface area contributed by atoms with E-state index in [-0.39, 0.29) is 0 Å². The maximum atomic E-state index is 9.52. The van der Waals surface area contributed by atoms with Crippen LogP contribution in [-0.2, 0) is 0 Å². The highest BCUT2D eigenvalue weighted by molar-refractivity contribution is 5.08. The Balaban J connectivity index is 2.73. The first kappa shape index (κ1) is 9.00. The Morgan fingerprint density at radius 3 is 2.92 bits per heavy atom. The van der Waals surface area contributed by atoms with Gasteiger partial charge in [0.05, 0.1) is 6.10 Å². The van der Waals surface area contributed by atoms with Crippen LogP contribution in [0.5, 0.6) is 0 Å². The molecule has 0 aromatic carbocycles. The van der Waals surface area contributed by atoms with Crippen LogP contribution in [-0.4, -0.2) is 10.3 Å². The van der Waals surface area contributed by atoms with Gasteiger partial charge in [-0.05, 0) is 12.5 Å². The molecule has 0 fully saturated rings. The first-order valence-corrected chi connectivity index (χ1v) is 4.12. The minimum atomic E-state index is -0.463. The number of aliphatic hydroxyl groups is 1. The molecule has 1 aromatic rings. The van der Waals surface area contributed by atoms with E-state index >= 15 is 0 Å². The van der Waals surface area contributed by atoms with Crippen LogP contribution in [0.25, 0.3) is 0 Å². The van der Waals surface area contributed by atoms with Gasteiger partial charge in [-0.15, -0.1) is 0 Å². The van der Waals surface area contributed by atoms with E-state index < -0.39 is 6.10 Å². The minimum Gasteiger partial charge on any atom is -0.388 e. The predicted octanol–water partition coefficient (Wildman–Crippen LogP) is 1.04. The molecule has 1 rings (SSSR count). The van der Waals surface area contributed by atoms with E-state index in [0.29, 0.717) is 0 Å². The summed E-state index contributed by atoms with van der Waals surface area (Å²) in [5, 5.41) is 18.6. The molecule has 0 aliphatic heterocycles. The van der Waals surface area contributed by atoms with Crippen molar-refractivity contribution in [2.75, 3.05) is 0 Å². The van der Waals surface area contributed by atoms with Crippen LogP contribution in [0.2, 0.25) is 0 Å². The third kappa shape index (κ3) is 2.20. The lowest BCUT2D eigenvalue weighted by Gasteiger charge is -2.05. The van der Waals surface area contributed by atoms with Crippen molar-refractivity contribution in [2.24, 2.45) is 0 Å². The summed E-state index contributed by atoms with van der Waals surface area (Å²) in [4.78, 5) is 0. The summed E-state index contributed by atoms with van der Waals surface area (Å²) in [6.45, 7) is 2.01. The summed E-state index contributed by atoms with van der Waals surface area (Å²) >= 11 is 0. The molecule has 0 radical (unpaired) electrons. The normalized spacial score (nSPS) is 12.8. The largest absolute Gasteiger partial charge is 0.388 e. The lowest BCUT2D eigenvalue weighted by atomic mass is 10.1. The SMILES string of the molecule is CCCC(O)c1ccc[n+](O)c1. The Morgan fingerprint density at radius 2 is 2.33 bits per heavy atom. The number of hydrogen-bond donors (Lipinski definition) is 2. The minimum absolute atomic E-state index is 0.463. The zero-order valence-electron chi connectivity index (χ0n) is 7.14. The quantitative estimate of drug-likeness (QED) is 0.523. The van der Waals surface area contributed by atoms with Crippen molar-refractivity contribution in [3.05, 3.63) is 30.1 Å². The van der Waals surface area contributed by atoms with Gasteiger partial charge in [0.2, 0.25) is 12.4 Å². The summed E-state index contributed by atoms with van der Waals surface area (Å²) in [6, 6.07) is 3.50. The highest BCUT2D eigenvalue weighted by Gasteiger charge is 2.09. The molecule has 1 heterocycles. The number of hydrogen-bond acceptors (Lipinski definition) is 2. The molecule has 0 spiro atoms. The molecule has 0 bridgehead atoms. The Hall–Kier alpha value is -1.09. The average molecular weight is 168 g/mol. The third-order valence-corrected chi connectivity index (χ3v) is 1.76. The monoisotopic (exact) mass is 168 g/mol. The average Bonchev–Trinajstić information content (AvgIpc) is 2.05. The molecule has 66 valence electrons. The van der Waals surface area contributed by atoms with Gasteiger partial charge in [-0.2, -0.15) is 0 Å². The fourth-order valence-corrected chi connectivity index (χ4v) is 1.12. The van der Waals surface area contributed by atoms with Crippen molar-refractivity contribution in [3.63, 3.8) is 0 Å². The first-order valence-electron chi connectivity index (χ1n) is 4.12. The zero-order chi connectivity index (χ0) is 8.97. The molecule has 0 aliphatic carbocycles. The molecule has 2 N–H and O–H groups in total. The van der Waals surface area contributed by atoms with Crippen LogP contribution in [0.4, 0.5) is 0 Å². The van der Waals surface area contributed by atoms with Gasteiger partial charge in [0.1, 0.15) is 0 Å². The fourth-order valence-electron chi connectivity index (χ4n) is 1.12. The maximum absolute atomic E-state index is 9.52. The third-order valence-electron chi connectivity index (χ3n) is 1.76. The van der Waals surface area contributed by atoms with Crippen molar-refractivity contribution in [1.82, 2.24) is 0 Å². The fraction of sp³-hybridized carbons (Fsp3) is 0.444. The van der Waals surface area contributed by atoms with E-state index in [9.17, 15) is 5.11 Å². The molecule has 12 heavy (non-hydrogen) atoms. The summed E-state index contributed by atoms with van der Waals surface area (Å²) in [5.41, 5.74) is 0.752. The molecule has 1 aromatic heterocycles. The number of nitrogens with zero attached hydrogens (tertiary/aromatic N) is 1. The van der Waals surface area contributed by atoms with Gasteiger partial charge in [-0.1, -0.05) is 13.3 Å². The van der Waals surface area contributed by atoms with E-state index in [4.69, 9.17) is 5.21 Å². The lowest BCUT2D eigenvalue weighted by Crippen LogP contribution is -2.29. The summed E-state index contributed by atoms with van der Waals surface area (Å²) < 4.78 is 0.953.